The number of rotatable bonds is 3. The van der Waals surface area contributed by atoms with E-state index in [-0.39, 0.29) is 6.04 Å². The van der Waals surface area contributed by atoms with Gasteiger partial charge in [-0.1, -0.05) is 23.7 Å². The van der Waals surface area contributed by atoms with Crippen molar-refractivity contribution >= 4 is 23.1 Å². The minimum Gasteiger partial charge on any atom is -0.398 e. The van der Waals surface area contributed by atoms with Crippen molar-refractivity contribution in [2.24, 2.45) is 0 Å². The predicted octanol–water partition coefficient (Wildman–Crippen LogP) is 3.80. The van der Waals surface area contributed by atoms with Crippen molar-refractivity contribution in [1.82, 2.24) is 4.98 Å². The normalized spacial score (nSPS) is 12.2. The minimum absolute atomic E-state index is 0.123. The molecule has 0 amide bonds. The van der Waals surface area contributed by atoms with E-state index >= 15 is 0 Å². The van der Waals surface area contributed by atoms with Crippen molar-refractivity contribution < 1.29 is 0 Å². The summed E-state index contributed by atoms with van der Waals surface area (Å²) >= 11 is 5.97. The Morgan fingerprint density at radius 1 is 1.33 bits per heavy atom. The van der Waals surface area contributed by atoms with E-state index in [0.29, 0.717) is 0 Å². The van der Waals surface area contributed by atoms with Gasteiger partial charge in [0.2, 0.25) is 0 Å². The zero-order valence-corrected chi connectivity index (χ0v) is 11.2. The summed E-state index contributed by atoms with van der Waals surface area (Å²) in [5, 5.41) is 4.04. The zero-order valence-electron chi connectivity index (χ0n) is 10.4. The third-order valence-corrected chi connectivity index (χ3v) is 3.09. The maximum absolute atomic E-state index is 5.97. The number of nitrogens with two attached hydrogens (primary N) is 1. The molecule has 1 unspecified atom stereocenters. The number of nitrogens with zero attached hydrogens (tertiary/aromatic N) is 1. The van der Waals surface area contributed by atoms with Crippen molar-refractivity contribution in [1.29, 1.82) is 0 Å². The number of hydrogen-bond acceptors (Lipinski definition) is 3. The summed E-state index contributed by atoms with van der Waals surface area (Å²) in [5.41, 5.74) is 8.70. The van der Waals surface area contributed by atoms with Gasteiger partial charge in [-0.2, -0.15) is 0 Å². The van der Waals surface area contributed by atoms with E-state index in [1.54, 1.807) is 6.20 Å². The molecule has 1 atom stereocenters. The lowest BCUT2D eigenvalue weighted by Gasteiger charge is -2.15. The van der Waals surface area contributed by atoms with Gasteiger partial charge >= 0.3 is 0 Å². The molecule has 0 spiro atoms. The standard InChI is InChI=1S/C14H16ClN3/c1-9-8-17-14(7-13(9)16)18-10(2)11-4-3-5-12(15)6-11/h3-8,10H,1-2H3,(H3,16,17,18). The van der Waals surface area contributed by atoms with E-state index in [9.17, 15) is 0 Å². The first-order chi connectivity index (χ1) is 8.56. The van der Waals surface area contributed by atoms with Crippen LogP contribution in [-0.2, 0) is 0 Å². The fourth-order valence-electron chi connectivity index (χ4n) is 1.70. The Labute approximate surface area is 112 Å². The van der Waals surface area contributed by atoms with E-state index in [0.717, 1.165) is 27.7 Å². The van der Waals surface area contributed by atoms with Crippen LogP contribution in [0.1, 0.15) is 24.1 Å². The molecule has 0 aliphatic heterocycles. The number of nitrogen functional groups attached to an aromatic ring is 1. The van der Waals surface area contributed by atoms with Gasteiger partial charge in [0.05, 0.1) is 0 Å². The Bertz CT molecular complexity index is 554. The van der Waals surface area contributed by atoms with Crippen LogP contribution in [0.5, 0.6) is 0 Å². The summed E-state index contributed by atoms with van der Waals surface area (Å²) in [6.07, 6.45) is 1.77. The van der Waals surface area contributed by atoms with Gasteiger partial charge in [-0.05, 0) is 37.1 Å². The maximum Gasteiger partial charge on any atom is 0.128 e. The lowest BCUT2D eigenvalue weighted by Crippen LogP contribution is -2.08. The zero-order chi connectivity index (χ0) is 13.1. The first kappa shape index (κ1) is 12.7. The quantitative estimate of drug-likeness (QED) is 0.884. The number of anilines is 2. The van der Waals surface area contributed by atoms with Gasteiger partial charge in [-0.15, -0.1) is 0 Å². The van der Waals surface area contributed by atoms with Crippen LogP contribution in [-0.4, -0.2) is 4.98 Å². The van der Waals surface area contributed by atoms with Crippen LogP contribution >= 0.6 is 11.6 Å². The number of aromatic nitrogens is 1. The number of aryl methyl sites for hydroxylation is 1. The molecule has 2 rings (SSSR count). The van der Waals surface area contributed by atoms with Crippen LogP contribution in [0.25, 0.3) is 0 Å². The van der Waals surface area contributed by atoms with Crippen LogP contribution in [0.3, 0.4) is 0 Å². The average Bonchev–Trinajstić information content (AvgIpc) is 2.34. The van der Waals surface area contributed by atoms with E-state index in [1.807, 2.05) is 37.3 Å². The molecule has 0 saturated carbocycles. The van der Waals surface area contributed by atoms with E-state index < -0.39 is 0 Å². The smallest absolute Gasteiger partial charge is 0.128 e. The van der Waals surface area contributed by atoms with Crippen LogP contribution in [0.2, 0.25) is 5.02 Å². The molecule has 1 aromatic heterocycles. The summed E-state index contributed by atoms with van der Waals surface area (Å²) in [6, 6.07) is 9.74. The molecule has 2 aromatic rings. The lowest BCUT2D eigenvalue weighted by atomic mass is 10.1. The van der Waals surface area contributed by atoms with Crippen molar-refractivity contribution in [3.8, 4) is 0 Å². The largest absolute Gasteiger partial charge is 0.398 e. The SMILES string of the molecule is Cc1cnc(NC(C)c2cccc(Cl)c2)cc1N. The van der Waals surface area contributed by atoms with E-state index in [1.165, 1.54) is 0 Å². The Kier molecular flexibility index (Phi) is 3.72. The Balaban J connectivity index is 2.16. The molecule has 1 heterocycles. The second kappa shape index (κ2) is 5.27. The topological polar surface area (TPSA) is 50.9 Å². The molecular formula is C14H16ClN3. The third kappa shape index (κ3) is 2.93. The number of benzene rings is 1. The molecule has 3 nitrogen and oxygen atoms in total. The molecule has 4 heteroatoms. The van der Waals surface area contributed by atoms with Gasteiger partial charge in [0, 0.05) is 29.0 Å². The number of hydrogen-bond donors (Lipinski definition) is 2. The number of halogens is 1. The van der Waals surface area contributed by atoms with Crippen molar-refractivity contribution in [2.75, 3.05) is 11.1 Å². The van der Waals surface area contributed by atoms with Gasteiger partial charge in [-0.25, -0.2) is 4.98 Å². The van der Waals surface area contributed by atoms with E-state index in [2.05, 4.69) is 17.2 Å². The molecule has 0 fully saturated rings. The summed E-state index contributed by atoms with van der Waals surface area (Å²) in [4.78, 5) is 4.30. The molecule has 0 bridgehead atoms. The van der Waals surface area contributed by atoms with Gasteiger partial charge in [0.1, 0.15) is 5.82 Å². The summed E-state index contributed by atoms with van der Waals surface area (Å²) in [7, 11) is 0. The van der Waals surface area contributed by atoms with Gasteiger partial charge < -0.3 is 11.1 Å². The highest BCUT2D eigenvalue weighted by atomic mass is 35.5. The fourth-order valence-corrected chi connectivity index (χ4v) is 1.90. The average molecular weight is 262 g/mol. The second-order valence-corrected chi connectivity index (χ2v) is 4.78. The highest BCUT2D eigenvalue weighted by Gasteiger charge is 2.07. The van der Waals surface area contributed by atoms with Crippen LogP contribution in [0.15, 0.2) is 36.5 Å². The first-order valence-electron chi connectivity index (χ1n) is 5.80. The molecule has 0 saturated heterocycles. The Hall–Kier alpha value is -1.74. The lowest BCUT2D eigenvalue weighted by molar-refractivity contribution is 0.874. The number of nitrogens with one attached hydrogen (secondary N) is 1. The molecule has 18 heavy (non-hydrogen) atoms. The second-order valence-electron chi connectivity index (χ2n) is 4.35. The molecule has 0 aliphatic rings. The van der Waals surface area contributed by atoms with Gasteiger partial charge in [0.15, 0.2) is 0 Å². The predicted molar refractivity (Wildman–Crippen MR) is 76.9 cm³/mol. The van der Waals surface area contributed by atoms with Crippen LogP contribution in [0, 0.1) is 6.92 Å². The summed E-state index contributed by atoms with van der Waals surface area (Å²) < 4.78 is 0. The van der Waals surface area contributed by atoms with Gasteiger partial charge in [0.25, 0.3) is 0 Å². The minimum atomic E-state index is 0.123. The van der Waals surface area contributed by atoms with Crippen LogP contribution < -0.4 is 11.1 Å². The Morgan fingerprint density at radius 2 is 2.11 bits per heavy atom. The molecule has 3 N–H and O–H groups in total. The van der Waals surface area contributed by atoms with Crippen LogP contribution in [0.4, 0.5) is 11.5 Å². The summed E-state index contributed by atoms with van der Waals surface area (Å²) in [5.74, 6) is 0.769. The van der Waals surface area contributed by atoms with Crippen molar-refractivity contribution in [2.45, 2.75) is 19.9 Å². The fraction of sp³-hybridized carbons (Fsp3) is 0.214. The van der Waals surface area contributed by atoms with Crippen molar-refractivity contribution in [3.05, 3.63) is 52.7 Å². The number of pyridine rings is 1. The van der Waals surface area contributed by atoms with Crippen molar-refractivity contribution in [3.63, 3.8) is 0 Å². The molecule has 1 aromatic carbocycles. The third-order valence-electron chi connectivity index (χ3n) is 2.86. The monoisotopic (exact) mass is 261 g/mol. The first-order valence-corrected chi connectivity index (χ1v) is 6.18. The highest BCUT2D eigenvalue weighted by molar-refractivity contribution is 6.30. The van der Waals surface area contributed by atoms with E-state index in [4.69, 9.17) is 17.3 Å². The molecule has 0 aliphatic carbocycles. The highest BCUT2D eigenvalue weighted by Crippen LogP contribution is 2.22. The molecular weight excluding hydrogens is 246 g/mol. The summed E-state index contributed by atoms with van der Waals surface area (Å²) in [6.45, 7) is 4.00. The molecule has 94 valence electrons. The Morgan fingerprint density at radius 3 is 2.78 bits per heavy atom. The molecule has 0 radical (unpaired) electrons. The maximum atomic E-state index is 5.97. The van der Waals surface area contributed by atoms with Gasteiger partial charge in [-0.3, -0.25) is 0 Å².